The van der Waals surface area contributed by atoms with E-state index in [1.54, 1.807) is 32.9 Å². The highest BCUT2D eigenvalue weighted by Gasteiger charge is 2.21. The highest BCUT2D eigenvalue weighted by Crippen LogP contribution is 2.25. The number of hydrogen-bond acceptors (Lipinski definition) is 1. The van der Waals surface area contributed by atoms with E-state index >= 15 is 0 Å². The summed E-state index contributed by atoms with van der Waals surface area (Å²) in [5.74, 6) is -0.345. The maximum Gasteiger partial charge on any atom is 0.129 e. The van der Waals surface area contributed by atoms with E-state index in [9.17, 15) is 9.50 Å². The SMILES string of the molecule is Cc1cccc(F)c1C(C)(C)O. The Morgan fingerprint density at radius 2 is 1.92 bits per heavy atom. The summed E-state index contributed by atoms with van der Waals surface area (Å²) in [5.41, 5.74) is 0.0580. The smallest absolute Gasteiger partial charge is 0.129 e. The quantitative estimate of drug-likeness (QED) is 0.682. The van der Waals surface area contributed by atoms with Gasteiger partial charge >= 0.3 is 0 Å². The Morgan fingerprint density at radius 1 is 1.33 bits per heavy atom. The molecule has 1 N–H and O–H groups in total. The molecule has 1 nitrogen and oxygen atoms in total. The number of benzene rings is 1. The van der Waals surface area contributed by atoms with Crippen LogP contribution in [0.4, 0.5) is 4.39 Å². The van der Waals surface area contributed by atoms with E-state index in [0.717, 1.165) is 5.56 Å². The van der Waals surface area contributed by atoms with Crippen LogP contribution in [0.25, 0.3) is 0 Å². The van der Waals surface area contributed by atoms with Crippen LogP contribution in [0.2, 0.25) is 0 Å². The summed E-state index contributed by atoms with van der Waals surface area (Å²) in [5, 5.41) is 9.61. The summed E-state index contributed by atoms with van der Waals surface area (Å²) < 4.78 is 13.2. The second-order valence-corrected chi connectivity index (χ2v) is 3.49. The van der Waals surface area contributed by atoms with Crippen LogP contribution in [0.15, 0.2) is 18.2 Å². The molecule has 1 aromatic rings. The predicted molar refractivity (Wildman–Crippen MR) is 46.4 cm³/mol. The van der Waals surface area contributed by atoms with Crippen molar-refractivity contribution in [3.05, 3.63) is 35.1 Å². The molecular formula is C10H13FO. The molecule has 0 saturated carbocycles. The van der Waals surface area contributed by atoms with Crippen molar-refractivity contribution < 1.29 is 9.50 Å². The number of aliphatic hydroxyl groups is 1. The Hall–Kier alpha value is -0.890. The second-order valence-electron chi connectivity index (χ2n) is 3.49. The van der Waals surface area contributed by atoms with E-state index in [4.69, 9.17) is 0 Å². The zero-order chi connectivity index (χ0) is 9.35. The normalized spacial score (nSPS) is 11.8. The minimum absolute atomic E-state index is 0.345. The molecule has 0 unspecified atom stereocenters. The summed E-state index contributed by atoms with van der Waals surface area (Å²) >= 11 is 0. The molecule has 66 valence electrons. The van der Waals surface area contributed by atoms with Crippen molar-refractivity contribution in [2.45, 2.75) is 26.4 Å². The average Bonchev–Trinajstić information content (AvgIpc) is 1.82. The van der Waals surface area contributed by atoms with Gasteiger partial charge in [-0.15, -0.1) is 0 Å². The fraction of sp³-hybridized carbons (Fsp3) is 0.400. The van der Waals surface area contributed by atoms with Crippen molar-refractivity contribution in [2.75, 3.05) is 0 Å². The first-order valence-electron chi connectivity index (χ1n) is 3.91. The summed E-state index contributed by atoms with van der Waals surface area (Å²) in [7, 11) is 0. The van der Waals surface area contributed by atoms with Gasteiger partial charge < -0.3 is 5.11 Å². The molecular weight excluding hydrogens is 155 g/mol. The van der Waals surface area contributed by atoms with Crippen LogP contribution in [0, 0.1) is 12.7 Å². The number of halogens is 1. The molecule has 12 heavy (non-hydrogen) atoms. The van der Waals surface area contributed by atoms with E-state index in [-0.39, 0.29) is 5.82 Å². The molecule has 0 saturated heterocycles. The van der Waals surface area contributed by atoms with Crippen LogP contribution in [0.3, 0.4) is 0 Å². The van der Waals surface area contributed by atoms with Crippen LogP contribution >= 0.6 is 0 Å². The summed E-state index contributed by atoms with van der Waals surface area (Å²) in [6.07, 6.45) is 0. The maximum absolute atomic E-state index is 13.2. The molecule has 0 aliphatic carbocycles. The first-order valence-corrected chi connectivity index (χ1v) is 3.91. The Morgan fingerprint density at radius 3 is 2.25 bits per heavy atom. The first-order chi connectivity index (χ1) is 5.43. The molecule has 0 heterocycles. The monoisotopic (exact) mass is 168 g/mol. The van der Waals surface area contributed by atoms with Crippen LogP contribution < -0.4 is 0 Å². The van der Waals surface area contributed by atoms with Gasteiger partial charge in [0.15, 0.2) is 0 Å². The predicted octanol–water partition coefficient (Wildman–Crippen LogP) is 2.36. The molecule has 0 aromatic heterocycles. The molecule has 0 radical (unpaired) electrons. The lowest BCUT2D eigenvalue weighted by molar-refractivity contribution is 0.0738. The third-order valence-corrected chi connectivity index (χ3v) is 1.83. The number of aryl methyl sites for hydroxylation is 1. The van der Waals surface area contributed by atoms with Crippen molar-refractivity contribution >= 4 is 0 Å². The third kappa shape index (κ3) is 1.64. The van der Waals surface area contributed by atoms with E-state index in [1.165, 1.54) is 6.07 Å². The summed E-state index contributed by atoms with van der Waals surface area (Å²) in [6, 6.07) is 4.79. The zero-order valence-corrected chi connectivity index (χ0v) is 7.56. The van der Waals surface area contributed by atoms with E-state index < -0.39 is 5.60 Å². The first kappa shape index (κ1) is 9.20. The largest absolute Gasteiger partial charge is 0.386 e. The van der Waals surface area contributed by atoms with Crippen molar-refractivity contribution in [3.8, 4) is 0 Å². The minimum Gasteiger partial charge on any atom is -0.386 e. The van der Waals surface area contributed by atoms with Gasteiger partial charge in [0.2, 0.25) is 0 Å². The Bertz CT molecular complexity index is 266. The van der Waals surface area contributed by atoms with Gasteiger partial charge in [0.25, 0.3) is 0 Å². The van der Waals surface area contributed by atoms with Gasteiger partial charge in [0.05, 0.1) is 5.60 Å². The molecule has 1 aromatic carbocycles. The maximum atomic E-state index is 13.2. The van der Waals surface area contributed by atoms with Crippen LogP contribution in [0.1, 0.15) is 25.0 Å². The molecule has 0 aliphatic rings. The van der Waals surface area contributed by atoms with Gasteiger partial charge in [-0.1, -0.05) is 12.1 Å². The van der Waals surface area contributed by atoms with Crippen molar-refractivity contribution in [1.82, 2.24) is 0 Å². The second kappa shape index (κ2) is 2.87. The van der Waals surface area contributed by atoms with Gasteiger partial charge in [-0.3, -0.25) is 0 Å². The Balaban J connectivity index is 3.31. The van der Waals surface area contributed by atoms with E-state index in [1.807, 2.05) is 0 Å². The molecule has 0 amide bonds. The van der Waals surface area contributed by atoms with Crippen LogP contribution in [-0.2, 0) is 5.60 Å². The van der Waals surface area contributed by atoms with Crippen molar-refractivity contribution in [2.24, 2.45) is 0 Å². The van der Waals surface area contributed by atoms with Crippen LogP contribution in [0.5, 0.6) is 0 Å². The lowest BCUT2D eigenvalue weighted by atomic mass is 9.93. The topological polar surface area (TPSA) is 20.2 Å². The van der Waals surface area contributed by atoms with E-state index in [2.05, 4.69) is 0 Å². The Kier molecular flexibility index (Phi) is 2.20. The van der Waals surface area contributed by atoms with Crippen LogP contribution in [-0.4, -0.2) is 5.11 Å². The number of hydrogen-bond donors (Lipinski definition) is 1. The third-order valence-electron chi connectivity index (χ3n) is 1.83. The standard InChI is InChI=1S/C10H13FO/c1-7-5-4-6-8(11)9(7)10(2,3)12/h4-6,12H,1-3H3. The van der Waals surface area contributed by atoms with E-state index in [0.29, 0.717) is 5.56 Å². The average molecular weight is 168 g/mol. The minimum atomic E-state index is -1.10. The highest BCUT2D eigenvalue weighted by molar-refractivity contribution is 5.31. The number of rotatable bonds is 1. The fourth-order valence-electron chi connectivity index (χ4n) is 1.41. The Labute approximate surface area is 71.9 Å². The zero-order valence-electron chi connectivity index (χ0n) is 7.56. The molecule has 1 rings (SSSR count). The van der Waals surface area contributed by atoms with Gasteiger partial charge in [-0.2, -0.15) is 0 Å². The van der Waals surface area contributed by atoms with Gasteiger partial charge in [-0.05, 0) is 32.4 Å². The summed E-state index contributed by atoms with van der Waals surface area (Å²) in [4.78, 5) is 0. The van der Waals surface area contributed by atoms with Crippen molar-refractivity contribution in [1.29, 1.82) is 0 Å². The van der Waals surface area contributed by atoms with Gasteiger partial charge in [0, 0.05) is 5.56 Å². The molecule has 0 atom stereocenters. The van der Waals surface area contributed by atoms with Crippen molar-refractivity contribution in [3.63, 3.8) is 0 Å². The van der Waals surface area contributed by atoms with Gasteiger partial charge in [0.1, 0.15) is 5.82 Å². The van der Waals surface area contributed by atoms with Gasteiger partial charge in [-0.25, -0.2) is 4.39 Å². The summed E-state index contributed by atoms with van der Waals surface area (Å²) in [6.45, 7) is 4.95. The fourth-order valence-corrected chi connectivity index (χ4v) is 1.41. The molecule has 0 aliphatic heterocycles. The molecule has 2 heteroatoms. The molecule has 0 fully saturated rings. The lowest BCUT2D eigenvalue weighted by Gasteiger charge is -2.20. The molecule has 0 bridgehead atoms. The lowest BCUT2D eigenvalue weighted by Crippen LogP contribution is -2.19. The highest BCUT2D eigenvalue weighted by atomic mass is 19.1. The molecule has 0 spiro atoms.